The Morgan fingerprint density at radius 3 is 2.52 bits per heavy atom. The summed E-state index contributed by atoms with van der Waals surface area (Å²) in [6, 6.07) is 13.2. The first-order chi connectivity index (χ1) is 11.1. The highest BCUT2D eigenvalue weighted by Gasteiger charge is 2.27. The molecule has 1 aromatic carbocycles. The molecule has 0 spiro atoms. The molecule has 1 aromatic heterocycles. The van der Waals surface area contributed by atoms with Crippen LogP contribution in [0, 0.1) is 0 Å². The smallest absolute Gasteiger partial charge is 0.407 e. The number of benzene rings is 1. The summed E-state index contributed by atoms with van der Waals surface area (Å²) in [5.41, 5.74) is 2.32. The van der Waals surface area contributed by atoms with Gasteiger partial charge in [-0.25, -0.2) is 4.79 Å². The fraction of sp³-hybridized carbons (Fsp3) is 0.235. The topological polar surface area (TPSA) is 82.5 Å². The van der Waals surface area contributed by atoms with Gasteiger partial charge in [0.05, 0.1) is 0 Å². The summed E-state index contributed by atoms with van der Waals surface area (Å²) >= 11 is 0. The number of nitrogens with zero attached hydrogens (tertiary/aromatic N) is 2. The summed E-state index contributed by atoms with van der Waals surface area (Å²) in [4.78, 5) is 28.6. The van der Waals surface area contributed by atoms with E-state index < -0.39 is 6.09 Å². The van der Waals surface area contributed by atoms with E-state index in [4.69, 9.17) is 5.11 Å². The van der Waals surface area contributed by atoms with Crippen LogP contribution in [-0.4, -0.2) is 46.1 Å². The highest BCUT2D eigenvalue weighted by atomic mass is 16.4. The summed E-state index contributed by atoms with van der Waals surface area (Å²) in [5, 5.41) is 11.8. The summed E-state index contributed by atoms with van der Waals surface area (Å²) in [6.07, 6.45) is 1.34. The van der Waals surface area contributed by atoms with Gasteiger partial charge in [0.25, 0.3) is 5.91 Å². The molecule has 1 saturated heterocycles. The van der Waals surface area contributed by atoms with E-state index in [0.717, 1.165) is 11.1 Å². The number of carbonyl (C=O) groups excluding carboxylic acids is 1. The Morgan fingerprint density at radius 2 is 1.91 bits per heavy atom. The largest absolute Gasteiger partial charge is 0.465 e. The van der Waals surface area contributed by atoms with Gasteiger partial charge in [-0.1, -0.05) is 36.4 Å². The Balaban J connectivity index is 1.63. The molecule has 1 unspecified atom stereocenters. The zero-order chi connectivity index (χ0) is 16.2. The summed E-state index contributed by atoms with van der Waals surface area (Å²) in [6.45, 7) is 0.768. The van der Waals surface area contributed by atoms with Crippen molar-refractivity contribution in [3.63, 3.8) is 0 Å². The van der Waals surface area contributed by atoms with Crippen molar-refractivity contribution in [1.29, 1.82) is 0 Å². The average molecular weight is 311 g/mol. The molecule has 1 fully saturated rings. The number of carbonyl (C=O) groups is 2. The van der Waals surface area contributed by atoms with Gasteiger partial charge < -0.3 is 15.3 Å². The number of carboxylic acid groups (broad SMARTS) is 1. The maximum Gasteiger partial charge on any atom is 0.407 e. The quantitative estimate of drug-likeness (QED) is 0.910. The molecule has 2 N–H and O–H groups in total. The molecule has 1 atom stereocenters. The SMILES string of the molecule is O=C(NC1CCN(C(=O)O)C1)c1ccc(-c2ccccc2)cn1. The van der Waals surface area contributed by atoms with Crippen molar-refractivity contribution in [3.8, 4) is 11.1 Å². The normalized spacial score (nSPS) is 17.0. The highest BCUT2D eigenvalue weighted by molar-refractivity contribution is 5.92. The minimum atomic E-state index is -0.952. The minimum absolute atomic E-state index is 0.158. The summed E-state index contributed by atoms with van der Waals surface area (Å²) < 4.78 is 0. The average Bonchev–Trinajstić information content (AvgIpc) is 3.04. The van der Waals surface area contributed by atoms with Crippen LogP contribution in [0.3, 0.4) is 0 Å². The summed E-state index contributed by atoms with van der Waals surface area (Å²) in [5.74, 6) is -0.276. The van der Waals surface area contributed by atoms with Gasteiger partial charge in [0.2, 0.25) is 0 Å². The van der Waals surface area contributed by atoms with Crippen molar-refractivity contribution < 1.29 is 14.7 Å². The third kappa shape index (κ3) is 3.48. The molecule has 2 heterocycles. The van der Waals surface area contributed by atoms with Crippen molar-refractivity contribution >= 4 is 12.0 Å². The molecule has 3 rings (SSSR count). The minimum Gasteiger partial charge on any atom is -0.465 e. The Kier molecular flexibility index (Phi) is 4.23. The predicted molar refractivity (Wildman–Crippen MR) is 85.1 cm³/mol. The van der Waals surface area contributed by atoms with Crippen molar-refractivity contribution in [1.82, 2.24) is 15.2 Å². The predicted octanol–water partition coefficient (Wildman–Crippen LogP) is 2.23. The molecular weight excluding hydrogens is 294 g/mol. The van der Waals surface area contributed by atoms with Gasteiger partial charge in [0.15, 0.2) is 0 Å². The number of likely N-dealkylation sites (tertiary alicyclic amines) is 1. The Bertz CT molecular complexity index is 701. The Labute approximate surface area is 133 Å². The standard InChI is InChI=1S/C17H17N3O3/c21-16(19-14-8-9-20(11-14)17(22)23)15-7-6-13(10-18-15)12-4-2-1-3-5-12/h1-7,10,14H,8-9,11H2,(H,19,21)(H,22,23). The number of rotatable bonds is 3. The van der Waals surface area contributed by atoms with E-state index in [-0.39, 0.29) is 11.9 Å². The fourth-order valence-corrected chi connectivity index (χ4v) is 2.64. The first-order valence-corrected chi connectivity index (χ1v) is 7.43. The van der Waals surface area contributed by atoms with Gasteiger partial charge >= 0.3 is 6.09 Å². The molecule has 2 aromatic rings. The zero-order valence-electron chi connectivity index (χ0n) is 12.5. The Hall–Kier alpha value is -2.89. The third-order valence-electron chi connectivity index (χ3n) is 3.90. The van der Waals surface area contributed by atoms with Crippen LogP contribution in [0.5, 0.6) is 0 Å². The van der Waals surface area contributed by atoms with Crippen LogP contribution in [0.25, 0.3) is 11.1 Å². The van der Waals surface area contributed by atoms with E-state index >= 15 is 0 Å². The number of hydrogen-bond donors (Lipinski definition) is 2. The maximum atomic E-state index is 12.2. The van der Waals surface area contributed by atoms with Crippen LogP contribution in [0.4, 0.5) is 4.79 Å². The van der Waals surface area contributed by atoms with E-state index in [9.17, 15) is 9.59 Å². The molecule has 6 heteroatoms. The molecule has 0 radical (unpaired) electrons. The lowest BCUT2D eigenvalue weighted by Crippen LogP contribution is -2.38. The van der Waals surface area contributed by atoms with Crippen molar-refractivity contribution in [2.24, 2.45) is 0 Å². The lowest BCUT2D eigenvalue weighted by molar-refractivity contribution is 0.0931. The lowest BCUT2D eigenvalue weighted by atomic mass is 10.1. The first kappa shape index (κ1) is 15.0. The second-order valence-corrected chi connectivity index (χ2v) is 5.49. The van der Waals surface area contributed by atoms with E-state index in [1.807, 2.05) is 36.4 Å². The maximum absolute atomic E-state index is 12.2. The van der Waals surface area contributed by atoms with Crippen LogP contribution in [-0.2, 0) is 0 Å². The molecule has 0 saturated carbocycles. The molecule has 1 aliphatic rings. The molecule has 1 aliphatic heterocycles. The molecular formula is C17H17N3O3. The fourth-order valence-electron chi connectivity index (χ4n) is 2.64. The number of pyridine rings is 1. The second-order valence-electron chi connectivity index (χ2n) is 5.49. The van der Waals surface area contributed by atoms with Gasteiger partial charge in [0, 0.05) is 30.9 Å². The third-order valence-corrected chi connectivity index (χ3v) is 3.90. The summed E-state index contributed by atoms with van der Waals surface area (Å²) in [7, 11) is 0. The molecule has 0 aliphatic carbocycles. The van der Waals surface area contributed by atoms with E-state index in [2.05, 4.69) is 10.3 Å². The van der Waals surface area contributed by atoms with Crippen molar-refractivity contribution in [2.75, 3.05) is 13.1 Å². The lowest BCUT2D eigenvalue weighted by Gasteiger charge is -2.13. The molecule has 6 nitrogen and oxygen atoms in total. The molecule has 118 valence electrons. The number of nitrogens with one attached hydrogen (secondary N) is 1. The highest BCUT2D eigenvalue weighted by Crippen LogP contribution is 2.18. The van der Waals surface area contributed by atoms with Gasteiger partial charge in [0.1, 0.15) is 5.69 Å². The van der Waals surface area contributed by atoms with Crippen molar-refractivity contribution in [2.45, 2.75) is 12.5 Å². The molecule has 2 amide bonds. The van der Waals surface area contributed by atoms with Gasteiger partial charge in [-0.05, 0) is 18.1 Å². The molecule has 0 bridgehead atoms. The van der Waals surface area contributed by atoms with Crippen LogP contribution in [0.2, 0.25) is 0 Å². The first-order valence-electron chi connectivity index (χ1n) is 7.43. The monoisotopic (exact) mass is 311 g/mol. The zero-order valence-corrected chi connectivity index (χ0v) is 12.5. The van der Waals surface area contributed by atoms with Crippen LogP contribution >= 0.6 is 0 Å². The number of aromatic nitrogens is 1. The van der Waals surface area contributed by atoms with Gasteiger partial charge in [-0.2, -0.15) is 0 Å². The van der Waals surface area contributed by atoms with Gasteiger partial charge in [-0.15, -0.1) is 0 Å². The number of hydrogen-bond acceptors (Lipinski definition) is 3. The van der Waals surface area contributed by atoms with Crippen LogP contribution < -0.4 is 5.32 Å². The second kappa shape index (κ2) is 6.48. The van der Waals surface area contributed by atoms with Crippen LogP contribution in [0.15, 0.2) is 48.7 Å². The molecule has 23 heavy (non-hydrogen) atoms. The van der Waals surface area contributed by atoms with Crippen LogP contribution in [0.1, 0.15) is 16.9 Å². The van der Waals surface area contributed by atoms with Gasteiger partial charge in [-0.3, -0.25) is 9.78 Å². The van der Waals surface area contributed by atoms with Crippen molar-refractivity contribution in [3.05, 3.63) is 54.4 Å². The van der Waals surface area contributed by atoms with E-state index in [1.165, 1.54) is 4.90 Å². The Morgan fingerprint density at radius 1 is 1.13 bits per heavy atom. The number of amides is 2. The van der Waals surface area contributed by atoms with E-state index in [0.29, 0.717) is 25.2 Å². The van der Waals surface area contributed by atoms with E-state index in [1.54, 1.807) is 12.3 Å².